The standard InChI is InChI=1S/C22H21FN4O/c1-13-5-6-18(23)20(9-13)27-11-16-17(12-27)21(16)26-22(28)25-19-4-2-3-14-10-24-8-7-15(14)19/h2-10,16-17,21H,11-12H2,1H3,(H2,25,26,28). The third kappa shape index (κ3) is 2.95. The molecule has 2 heterocycles. The van der Waals surface area contributed by atoms with Crippen LogP contribution in [0, 0.1) is 24.6 Å². The molecule has 1 saturated heterocycles. The first-order chi connectivity index (χ1) is 13.6. The summed E-state index contributed by atoms with van der Waals surface area (Å²) >= 11 is 0. The zero-order valence-corrected chi connectivity index (χ0v) is 15.5. The number of hydrogen-bond donors (Lipinski definition) is 2. The van der Waals surface area contributed by atoms with E-state index in [4.69, 9.17) is 0 Å². The topological polar surface area (TPSA) is 57.3 Å². The molecule has 1 aromatic heterocycles. The van der Waals surface area contributed by atoms with Crippen LogP contribution >= 0.6 is 0 Å². The Kier molecular flexibility index (Phi) is 3.93. The third-order valence-corrected chi connectivity index (χ3v) is 5.86. The van der Waals surface area contributed by atoms with Gasteiger partial charge in [-0.05, 0) is 36.8 Å². The van der Waals surface area contributed by atoms with Gasteiger partial charge in [0, 0.05) is 54.1 Å². The van der Waals surface area contributed by atoms with Crippen LogP contribution in [0.3, 0.4) is 0 Å². The van der Waals surface area contributed by atoms with Crippen LogP contribution in [-0.2, 0) is 0 Å². The highest BCUT2D eigenvalue weighted by Crippen LogP contribution is 2.47. The molecule has 142 valence electrons. The van der Waals surface area contributed by atoms with Gasteiger partial charge in [-0.15, -0.1) is 0 Å². The summed E-state index contributed by atoms with van der Waals surface area (Å²) in [6, 6.07) is 12.8. The average Bonchev–Trinajstić information content (AvgIpc) is 3.12. The van der Waals surface area contributed by atoms with Gasteiger partial charge in [-0.1, -0.05) is 18.2 Å². The largest absolute Gasteiger partial charge is 0.368 e. The van der Waals surface area contributed by atoms with Crippen molar-refractivity contribution in [3.63, 3.8) is 0 Å². The van der Waals surface area contributed by atoms with Gasteiger partial charge in [0.2, 0.25) is 0 Å². The predicted octanol–water partition coefficient (Wildman–Crippen LogP) is 3.94. The van der Waals surface area contributed by atoms with Crippen molar-refractivity contribution in [2.75, 3.05) is 23.3 Å². The molecule has 1 aliphatic carbocycles. The fourth-order valence-electron chi connectivity index (χ4n) is 4.34. The molecule has 5 rings (SSSR count). The highest BCUT2D eigenvalue weighted by Gasteiger charge is 2.56. The highest BCUT2D eigenvalue weighted by atomic mass is 19.1. The lowest BCUT2D eigenvalue weighted by Gasteiger charge is -2.23. The number of piperidine rings is 1. The molecule has 2 aromatic carbocycles. The lowest BCUT2D eigenvalue weighted by Crippen LogP contribution is -2.37. The number of rotatable bonds is 3. The van der Waals surface area contributed by atoms with Gasteiger partial charge in [-0.3, -0.25) is 4.98 Å². The minimum Gasteiger partial charge on any atom is -0.368 e. The van der Waals surface area contributed by atoms with Gasteiger partial charge >= 0.3 is 6.03 Å². The van der Waals surface area contributed by atoms with Crippen LogP contribution in [-0.4, -0.2) is 30.1 Å². The zero-order chi connectivity index (χ0) is 19.3. The van der Waals surface area contributed by atoms with Crippen molar-refractivity contribution >= 4 is 28.2 Å². The summed E-state index contributed by atoms with van der Waals surface area (Å²) in [6.45, 7) is 3.52. The Morgan fingerprint density at radius 1 is 1.18 bits per heavy atom. The molecular weight excluding hydrogens is 355 g/mol. The number of aryl methyl sites for hydroxylation is 1. The van der Waals surface area contributed by atoms with Crippen molar-refractivity contribution in [2.24, 2.45) is 11.8 Å². The number of urea groups is 1. The van der Waals surface area contributed by atoms with Gasteiger partial charge in [0.25, 0.3) is 0 Å². The summed E-state index contributed by atoms with van der Waals surface area (Å²) < 4.78 is 14.1. The number of hydrogen-bond acceptors (Lipinski definition) is 3. The molecular formula is C22H21FN4O. The maximum absolute atomic E-state index is 14.1. The normalized spacial score (nSPS) is 22.8. The summed E-state index contributed by atoms with van der Waals surface area (Å²) in [5, 5.41) is 7.98. The molecule has 2 atom stereocenters. The number of carbonyl (C=O) groups is 1. The van der Waals surface area contributed by atoms with Crippen LogP contribution in [0.15, 0.2) is 54.9 Å². The molecule has 0 spiro atoms. The van der Waals surface area contributed by atoms with Crippen LogP contribution in [0.4, 0.5) is 20.6 Å². The van der Waals surface area contributed by atoms with E-state index in [-0.39, 0.29) is 17.9 Å². The second-order valence-corrected chi connectivity index (χ2v) is 7.71. The Bertz CT molecular complexity index is 1050. The van der Waals surface area contributed by atoms with Crippen molar-refractivity contribution < 1.29 is 9.18 Å². The maximum atomic E-state index is 14.1. The monoisotopic (exact) mass is 376 g/mol. The summed E-state index contributed by atoms with van der Waals surface area (Å²) in [6.07, 6.45) is 3.50. The summed E-state index contributed by atoms with van der Waals surface area (Å²) in [7, 11) is 0. The minimum atomic E-state index is -0.197. The molecule has 1 saturated carbocycles. The van der Waals surface area contributed by atoms with E-state index in [9.17, 15) is 9.18 Å². The smallest absolute Gasteiger partial charge is 0.319 e. The predicted molar refractivity (Wildman–Crippen MR) is 108 cm³/mol. The van der Waals surface area contributed by atoms with Crippen LogP contribution in [0.25, 0.3) is 10.8 Å². The molecule has 3 aromatic rings. The van der Waals surface area contributed by atoms with Crippen molar-refractivity contribution in [1.82, 2.24) is 10.3 Å². The zero-order valence-electron chi connectivity index (χ0n) is 15.5. The summed E-state index contributed by atoms with van der Waals surface area (Å²) in [4.78, 5) is 18.7. The number of amides is 2. The average molecular weight is 376 g/mol. The van der Waals surface area contributed by atoms with E-state index in [1.54, 1.807) is 18.5 Å². The summed E-state index contributed by atoms with van der Waals surface area (Å²) in [5.74, 6) is 0.573. The van der Waals surface area contributed by atoms with Gasteiger partial charge in [0.05, 0.1) is 11.4 Å². The number of anilines is 2. The van der Waals surface area contributed by atoms with Crippen LogP contribution in [0.5, 0.6) is 0 Å². The Hall–Kier alpha value is -3.15. The fourth-order valence-corrected chi connectivity index (χ4v) is 4.34. The quantitative estimate of drug-likeness (QED) is 0.728. The number of benzene rings is 2. The number of aromatic nitrogens is 1. The molecule has 2 aliphatic rings. The van der Waals surface area contributed by atoms with E-state index in [1.807, 2.05) is 37.3 Å². The second kappa shape index (κ2) is 6.48. The molecule has 2 amide bonds. The molecule has 0 bridgehead atoms. The molecule has 5 nitrogen and oxygen atoms in total. The number of nitrogens with zero attached hydrogens (tertiary/aromatic N) is 2. The molecule has 6 heteroatoms. The highest BCUT2D eigenvalue weighted by molar-refractivity contribution is 6.01. The van der Waals surface area contributed by atoms with Gasteiger partial charge in [0.1, 0.15) is 5.82 Å². The first-order valence-corrected chi connectivity index (χ1v) is 9.51. The molecule has 2 unspecified atom stereocenters. The molecule has 28 heavy (non-hydrogen) atoms. The van der Waals surface area contributed by atoms with Crippen LogP contribution in [0.1, 0.15) is 5.56 Å². The number of fused-ring (bicyclic) bond motifs is 2. The van der Waals surface area contributed by atoms with Gasteiger partial charge in [0.15, 0.2) is 0 Å². The third-order valence-electron chi connectivity index (χ3n) is 5.86. The number of halogens is 1. The van der Waals surface area contributed by atoms with Crippen LogP contribution in [0.2, 0.25) is 0 Å². The van der Waals surface area contributed by atoms with Gasteiger partial charge in [-0.25, -0.2) is 9.18 Å². The SMILES string of the molecule is Cc1ccc(F)c(N2CC3C(C2)C3NC(=O)Nc2cccc3cnccc23)c1. The minimum absolute atomic E-state index is 0.153. The van der Waals surface area contributed by atoms with Crippen molar-refractivity contribution in [1.29, 1.82) is 0 Å². The first kappa shape index (κ1) is 17.0. The van der Waals surface area contributed by atoms with E-state index >= 15 is 0 Å². The first-order valence-electron chi connectivity index (χ1n) is 9.51. The molecule has 1 aliphatic heterocycles. The fraction of sp³-hybridized carbons (Fsp3) is 0.273. The van der Waals surface area contributed by atoms with E-state index < -0.39 is 0 Å². The molecule has 2 fully saturated rings. The van der Waals surface area contributed by atoms with E-state index in [1.165, 1.54) is 6.07 Å². The Morgan fingerprint density at radius 2 is 2.00 bits per heavy atom. The number of pyridine rings is 1. The Morgan fingerprint density at radius 3 is 2.82 bits per heavy atom. The Balaban J connectivity index is 1.21. The van der Waals surface area contributed by atoms with E-state index in [0.29, 0.717) is 17.5 Å². The number of carbonyl (C=O) groups excluding carboxylic acids is 1. The lowest BCUT2D eigenvalue weighted by atomic mass is 10.1. The van der Waals surface area contributed by atoms with Gasteiger partial charge in [-0.2, -0.15) is 0 Å². The van der Waals surface area contributed by atoms with Crippen molar-refractivity contribution in [3.8, 4) is 0 Å². The number of nitrogens with one attached hydrogen (secondary N) is 2. The lowest BCUT2D eigenvalue weighted by molar-refractivity contribution is 0.250. The molecule has 0 radical (unpaired) electrons. The Labute approximate surface area is 162 Å². The molecule has 2 N–H and O–H groups in total. The van der Waals surface area contributed by atoms with E-state index in [2.05, 4.69) is 20.5 Å². The maximum Gasteiger partial charge on any atom is 0.319 e. The van der Waals surface area contributed by atoms with E-state index in [0.717, 1.165) is 35.1 Å². The van der Waals surface area contributed by atoms with Crippen molar-refractivity contribution in [2.45, 2.75) is 13.0 Å². The summed E-state index contributed by atoms with van der Waals surface area (Å²) in [5.41, 5.74) is 2.49. The van der Waals surface area contributed by atoms with Crippen LogP contribution < -0.4 is 15.5 Å². The second-order valence-electron chi connectivity index (χ2n) is 7.71. The van der Waals surface area contributed by atoms with Crippen molar-refractivity contribution in [3.05, 3.63) is 66.2 Å². The van der Waals surface area contributed by atoms with Gasteiger partial charge < -0.3 is 15.5 Å².